The molecule has 4 nitrogen and oxygen atoms in total. The number of aliphatic imine (C=N–C) groups is 1. The number of benzene rings is 1. The molecule has 0 radical (unpaired) electrons. The summed E-state index contributed by atoms with van der Waals surface area (Å²) in [5.41, 5.74) is 2.29. The molecule has 2 aromatic heterocycles. The van der Waals surface area contributed by atoms with Crippen LogP contribution in [-0.2, 0) is 0 Å². The number of hydrogen-bond acceptors (Lipinski definition) is 4. The van der Waals surface area contributed by atoms with E-state index < -0.39 is 0 Å². The van der Waals surface area contributed by atoms with Gasteiger partial charge in [-0.15, -0.1) is 11.3 Å². The van der Waals surface area contributed by atoms with Gasteiger partial charge in [-0.2, -0.15) is 0 Å². The molecule has 0 saturated carbocycles. The average Bonchev–Trinajstić information content (AvgIpc) is 3.04. The van der Waals surface area contributed by atoms with Gasteiger partial charge < -0.3 is 10.1 Å². The molecule has 3 heterocycles. The number of hydrogen-bond donors (Lipinski definition) is 2. The predicted molar refractivity (Wildman–Crippen MR) is 74.8 cm³/mol. The highest BCUT2D eigenvalue weighted by molar-refractivity contribution is 7.14. The number of aromatic hydroxyl groups is 1. The summed E-state index contributed by atoms with van der Waals surface area (Å²) in [7, 11) is 0. The standard InChI is InChI=1S/C14H8N2O2S/c17-12-11(15-9-5-6-19-13(9)12)10-7-3-1-2-4-8(7)16-14(10)18/h1-6,16,18H. The third-order valence-electron chi connectivity index (χ3n) is 3.22. The van der Waals surface area contributed by atoms with E-state index in [1.807, 2.05) is 35.7 Å². The first-order valence-corrected chi connectivity index (χ1v) is 6.64. The van der Waals surface area contributed by atoms with E-state index in [4.69, 9.17) is 0 Å². The molecule has 92 valence electrons. The number of thiophene rings is 1. The van der Waals surface area contributed by atoms with Crippen LogP contribution in [-0.4, -0.2) is 21.6 Å². The number of nitrogens with zero attached hydrogens (tertiary/aromatic N) is 1. The summed E-state index contributed by atoms with van der Waals surface area (Å²) < 4.78 is 0. The van der Waals surface area contributed by atoms with Gasteiger partial charge in [0.05, 0.1) is 11.3 Å². The molecular formula is C14H8N2O2S. The molecule has 0 atom stereocenters. The van der Waals surface area contributed by atoms with Gasteiger partial charge in [-0.3, -0.25) is 4.79 Å². The van der Waals surface area contributed by atoms with E-state index in [1.54, 1.807) is 0 Å². The third kappa shape index (κ3) is 1.33. The summed E-state index contributed by atoms with van der Waals surface area (Å²) in [5, 5.41) is 12.7. The molecule has 0 saturated heterocycles. The molecule has 4 rings (SSSR count). The van der Waals surface area contributed by atoms with Crippen LogP contribution < -0.4 is 0 Å². The van der Waals surface area contributed by atoms with Crippen molar-refractivity contribution in [1.82, 2.24) is 4.98 Å². The van der Waals surface area contributed by atoms with Crippen LogP contribution in [0.4, 0.5) is 5.69 Å². The SMILES string of the molecule is O=C1C(c2c(O)[nH]c3ccccc23)=Nc2ccsc21. The summed E-state index contributed by atoms with van der Waals surface area (Å²) in [6, 6.07) is 9.28. The van der Waals surface area contributed by atoms with Gasteiger partial charge in [0.15, 0.2) is 5.88 Å². The zero-order chi connectivity index (χ0) is 13.0. The van der Waals surface area contributed by atoms with Crippen LogP contribution in [0.3, 0.4) is 0 Å². The molecule has 1 aliphatic rings. The zero-order valence-corrected chi connectivity index (χ0v) is 10.5. The number of ketones is 1. The molecule has 2 N–H and O–H groups in total. The maximum atomic E-state index is 12.3. The number of carbonyl (C=O) groups is 1. The molecule has 0 amide bonds. The Morgan fingerprint density at radius 2 is 2.05 bits per heavy atom. The molecule has 5 heteroatoms. The molecule has 0 fully saturated rings. The van der Waals surface area contributed by atoms with Gasteiger partial charge in [0, 0.05) is 10.9 Å². The highest BCUT2D eigenvalue weighted by atomic mass is 32.1. The second-order valence-corrected chi connectivity index (χ2v) is 5.23. The number of aromatic amines is 1. The first-order chi connectivity index (χ1) is 9.25. The zero-order valence-electron chi connectivity index (χ0n) is 9.68. The van der Waals surface area contributed by atoms with E-state index in [0.29, 0.717) is 21.8 Å². The number of rotatable bonds is 1. The lowest BCUT2D eigenvalue weighted by atomic mass is 10.1. The topological polar surface area (TPSA) is 65.4 Å². The number of carbonyl (C=O) groups excluding carboxylic acids is 1. The predicted octanol–water partition coefficient (Wildman–Crippen LogP) is 3.25. The number of para-hydroxylation sites is 1. The lowest BCUT2D eigenvalue weighted by Crippen LogP contribution is -2.09. The van der Waals surface area contributed by atoms with Gasteiger partial charge >= 0.3 is 0 Å². The lowest BCUT2D eigenvalue weighted by molar-refractivity contribution is 0.107. The molecule has 3 aromatic rings. The normalized spacial score (nSPS) is 13.9. The maximum Gasteiger partial charge on any atom is 0.224 e. The largest absolute Gasteiger partial charge is 0.494 e. The molecule has 1 aliphatic heterocycles. The number of Topliss-reactive ketones (excluding diaryl/α,β-unsaturated/α-hetero) is 1. The second kappa shape index (κ2) is 3.55. The van der Waals surface area contributed by atoms with Crippen molar-refractivity contribution in [2.24, 2.45) is 4.99 Å². The average molecular weight is 268 g/mol. The minimum absolute atomic E-state index is 0.0107. The van der Waals surface area contributed by atoms with Gasteiger partial charge in [-0.05, 0) is 17.5 Å². The maximum absolute atomic E-state index is 12.3. The van der Waals surface area contributed by atoms with Crippen LogP contribution in [0.2, 0.25) is 0 Å². The lowest BCUT2D eigenvalue weighted by Gasteiger charge is -1.98. The van der Waals surface area contributed by atoms with Gasteiger partial charge in [0.1, 0.15) is 10.6 Å². The number of nitrogens with one attached hydrogen (secondary N) is 1. The van der Waals surface area contributed by atoms with Gasteiger partial charge in [0.25, 0.3) is 0 Å². The Hall–Kier alpha value is -2.40. The summed E-state index contributed by atoms with van der Waals surface area (Å²) in [6.45, 7) is 0. The van der Waals surface area contributed by atoms with Crippen LogP contribution in [0, 0.1) is 0 Å². The first-order valence-electron chi connectivity index (χ1n) is 5.76. The summed E-state index contributed by atoms with van der Waals surface area (Å²) in [6.07, 6.45) is 0. The smallest absolute Gasteiger partial charge is 0.224 e. The molecule has 0 spiro atoms. The van der Waals surface area contributed by atoms with E-state index in [1.165, 1.54) is 11.3 Å². The van der Waals surface area contributed by atoms with Crippen molar-refractivity contribution in [3.8, 4) is 5.88 Å². The Labute approximate surface area is 112 Å². The van der Waals surface area contributed by atoms with Crippen molar-refractivity contribution >= 4 is 39.4 Å². The number of fused-ring (bicyclic) bond motifs is 2. The van der Waals surface area contributed by atoms with Crippen molar-refractivity contribution < 1.29 is 9.90 Å². The van der Waals surface area contributed by atoms with Crippen molar-refractivity contribution in [1.29, 1.82) is 0 Å². The van der Waals surface area contributed by atoms with Crippen LogP contribution in [0.1, 0.15) is 15.2 Å². The van der Waals surface area contributed by atoms with Crippen molar-refractivity contribution in [3.05, 3.63) is 46.2 Å². The van der Waals surface area contributed by atoms with Crippen LogP contribution in [0.25, 0.3) is 10.9 Å². The number of aromatic nitrogens is 1. The van der Waals surface area contributed by atoms with Crippen LogP contribution in [0.15, 0.2) is 40.7 Å². The second-order valence-electron chi connectivity index (χ2n) is 4.32. The van der Waals surface area contributed by atoms with Crippen LogP contribution >= 0.6 is 11.3 Å². The summed E-state index contributed by atoms with van der Waals surface area (Å²) in [4.78, 5) is 20.2. The molecule has 19 heavy (non-hydrogen) atoms. The van der Waals surface area contributed by atoms with Gasteiger partial charge in [0.2, 0.25) is 5.78 Å². The highest BCUT2D eigenvalue weighted by Gasteiger charge is 2.30. The Morgan fingerprint density at radius 3 is 2.89 bits per heavy atom. The Kier molecular flexibility index (Phi) is 1.97. The van der Waals surface area contributed by atoms with Crippen molar-refractivity contribution in [2.45, 2.75) is 0 Å². The fourth-order valence-corrected chi connectivity index (χ4v) is 3.15. The van der Waals surface area contributed by atoms with E-state index in [0.717, 1.165) is 10.9 Å². The molecule has 0 aliphatic carbocycles. The summed E-state index contributed by atoms with van der Waals surface area (Å²) in [5.74, 6) is -0.131. The van der Waals surface area contributed by atoms with E-state index in [-0.39, 0.29) is 11.7 Å². The molecular weight excluding hydrogens is 260 g/mol. The Morgan fingerprint density at radius 1 is 1.21 bits per heavy atom. The van der Waals surface area contributed by atoms with E-state index in [2.05, 4.69) is 9.98 Å². The minimum atomic E-state index is -0.120. The molecule has 0 unspecified atom stereocenters. The van der Waals surface area contributed by atoms with Gasteiger partial charge in [-0.25, -0.2) is 4.99 Å². The summed E-state index contributed by atoms with van der Waals surface area (Å²) >= 11 is 1.38. The minimum Gasteiger partial charge on any atom is -0.494 e. The molecule has 0 bridgehead atoms. The van der Waals surface area contributed by atoms with Crippen molar-refractivity contribution in [2.75, 3.05) is 0 Å². The Bertz CT molecular complexity index is 857. The first kappa shape index (κ1) is 10.5. The van der Waals surface area contributed by atoms with E-state index >= 15 is 0 Å². The van der Waals surface area contributed by atoms with Crippen molar-refractivity contribution in [3.63, 3.8) is 0 Å². The third-order valence-corrected chi connectivity index (χ3v) is 4.12. The van der Waals surface area contributed by atoms with E-state index in [9.17, 15) is 9.90 Å². The molecule has 1 aromatic carbocycles. The van der Waals surface area contributed by atoms with Gasteiger partial charge in [-0.1, -0.05) is 18.2 Å². The quantitative estimate of drug-likeness (QED) is 0.711. The highest BCUT2D eigenvalue weighted by Crippen LogP contribution is 2.37. The number of H-pyrrole nitrogens is 1. The fraction of sp³-hybridized carbons (Fsp3) is 0. The monoisotopic (exact) mass is 268 g/mol. The van der Waals surface area contributed by atoms with Crippen LogP contribution in [0.5, 0.6) is 5.88 Å². The fourth-order valence-electron chi connectivity index (χ4n) is 2.38. The Balaban J connectivity index is 2.00.